The van der Waals surface area contributed by atoms with Gasteiger partial charge < -0.3 is 5.73 Å². The van der Waals surface area contributed by atoms with Gasteiger partial charge in [0, 0.05) is 6.54 Å². The van der Waals surface area contributed by atoms with Gasteiger partial charge in [-0.15, -0.1) is 34.0 Å². The molecule has 0 spiro atoms. The Labute approximate surface area is 81.3 Å². The second kappa shape index (κ2) is 8.61. The number of nitrogens with zero attached hydrogens (tertiary/aromatic N) is 1. The molecule has 0 fully saturated rings. The Hall–Kier alpha value is 0.610. The number of halogens is 2. The van der Waals surface area contributed by atoms with Gasteiger partial charge in [0.05, 0.1) is 0 Å². The van der Waals surface area contributed by atoms with E-state index in [-0.39, 0.29) is 39.1 Å². The molecule has 0 unspecified atom stereocenters. The Morgan fingerprint density at radius 3 is 1.89 bits per heavy atom. The van der Waals surface area contributed by atoms with Crippen LogP contribution in [0.25, 0.3) is 0 Å². The van der Waals surface area contributed by atoms with Crippen molar-refractivity contribution in [3.05, 3.63) is 0 Å². The van der Waals surface area contributed by atoms with Gasteiger partial charge >= 0.3 is 0 Å². The number of hydrogen-bond acceptors (Lipinski definition) is 2. The number of nitrogens with two attached hydrogens (primary N) is 2. The van der Waals surface area contributed by atoms with Crippen molar-refractivity contribution in [3.63, 3.8) is 0 Å². The third-order valence-corrected chi connectivity index (χ3v) is 0.858. The average Bonchev–Trinajstić information content (AvgIpc) is 1.65. The molecule has 0 aromatic heterocycles. The van der Waals surface area contributed by atoms with E-state index in [9.17, 15) is 0 Å². The van der Waals surface area contributed by atoms with Crippen LogP contribution >= 0.6 is 46.2 Å². The summed E-state index contributed by atoms with van der Waals surface area (Å²) in [7, 11) is 0. The molecule has 58 valence electrons. The Morgan fingerprint density at radius 1 is 1.56 bits per heavy atom. The standard InChI is InChI=1S/C3H9N3S.2BrH/c1-2-6(5)3(4)7;;/h2,5H2,1H3,(H2,4,7);2*1H. The van der Waals surface area contributed by atoms with Crippen molar-refractivity contribution >= 4 is 51.3 Å². The molecule has 0 aliphatic carbocycles. The van der Waals surface area contributed by atoms with Crippen molar-refractivity contribution in [1.29, 1.82) is 0 Å². The minimum absolute atomic E-state index is 0. The van der Waals surface area contributed by atoms with Crippen LogP contribution in [0.4, 0.5) is 0 Å². The van der Waals surface area contributed by atoms with Crippen molar-refractivity contribution in [2.24, 2.45) is 11.6 Å². The molecule has 4 N–H and O–H groups in total. The lowest BCUT2D eigenvalue weighted by molar-refractivity contribution is 0.469. The highest BCUT2D eigenvalue weighted by Gasteiger charge is 1.90. The third kappa shape index (κ3) is 8.61. The molecule has 0 heterocycles. The van der Waals surface area contributed by atoms with Gasteiger partial charge in [-0.1, -0.05) is 0 Å². The largest absolute Gasteiger partial charge is 0.375 e. The average molecular weight is 281 g/mol. The van der Waals surface area contributed by atoms with Crippen molar-refractivity contribution in [3.8, 4) is 0 Å². The Bertz CT molecular complexity index is 79.5. The van der Waals surface area contributed by atoms with Gasteiger partial charge in [-0.25, -0.2) is 5.84 Å². The predicted molar refractivity (Wildman–Crippen MR) is 54.0 cm³/mol. The number of rotatable bonds is 1. The molecule has 0 atom stereocenters. The molecule has 3 nitrogen and oxygen atoms in total. The van der Waals surface area contributed by atoms with Gasteiger partial charge in [-0.2, -0.15) is 0 Å². The fourth-order valence-corrected chi connectivity index (χ4v) is 0.285. The smallest absolute Gasteiger partial charge is 0.180 e. The first-order valence-electron chi connectivity index (χ1n) is 2.00. The third-order valence-electron chi connectivity index (χ3n) is 0.624. The molecule has 0 radical (unpaired) electrons. The summed E-state index contributed by atoms with van der Waals surface area (Å²) in [5.74, 6) is 5.18. The van der Waals surface area contributed by atoms with Crippen LogP contribution in [-0.2, 0) is 0 Å². The van der Waals surface area contributed by atoms with E-state index in [0.717, 1.165) is 0 Å². The van der Waals surface area contributed by atoms with E-state index in [2.05, 4.69) is 12.2 Å². The van der Waals surface area contributed by atoms with Gasteiger partial charge in [0.1, 0.15) is 0 Å². The van der Waals surface area contributed by atoms with Crippen LogP contribution in [0, 0.1) is 0 Å². The molecule has 0 aliphatic rings. The predicted octanol–water partition coefficient (Wildman–Crippen LogP) is 0.581. The highest BCUT2D eigenvalue weighted by molar-refractivity contribution is 8.93. The van der Waals surface area contributed by atoms with Crippen molar-refractivity contribution in [2.45, 2.75) is 6.92 Å². The summed E-state index contributed by atoms with van der Waals surface area (Å²) < 4.78 is 0. The van der Waals surface area contributed by atoms with Crippen molar-refractivity contribution in [2.75, 3.05) is 6.54 Å². The maximum absolute atomic E-state index is 5.18. The van der Waals surface area contributed by atoms with E-state index < -0.39 is 0 Å². The zero-order valence-corrected chi connectivity index (χ0v) is 9.28. The quantitative estimate of drug-likeness (QED) is 0.419. The Balaban J connectivity index is -0.000000180. The van der Waals surface area contributed by atoms with Crippen LogP contribution in [-0.4, -0.2) is 16.7 Å². The van der Waals surface area contributed by atoms with E-state index >= 15 is 0 Å². The summed E-state index contributed by atoms with van der Waals surface area (Å²) in [6, 6.07) is 0. The van der Waals surface area contributed by atoms with Crippen molar-refractivity contribution < 1.29 is 0 Å². The van der Waals surface area contributed by atoms with E-state index in [1.807, 2.05) is 6.92 Å². The molecule has 0 saturated carbocycles. The van der Waals surface area contributed by atoms with Crippen LogP contribution in [0.1, 0.15) is 6.92 Å². The van der Waals surface area contributed by atoms with Crippen molar-refractivity contribution in [1.82, 2.24) is 5.01 Å². The summed E-state index contributed by atoms with van der Waals surface area (Å²) in [4.78, 5) is 0. The Kier molecular flexibility index (Phi) is 15.6. The van der Waals surface area contributed by atoms with Gasteiger partial charge in [-0.05, 0) is 19.1 Å². The number of hydrazine groups is 1. The molecule has 0 aliphatic heterocycles. The van der Waals surface area contributed by atoms with Gasteiger partial charge in [0.15, 0.2) is 5.11 Å². The molecule has 0 aromatic carbocycles. The molecular formula is C3H11Br2N3S. The number of thiocarbonyl (C=S) groups is 1. The monoisotopic (exact) mass is 279 g/mol. The topological polar surface area (TPSA) is 55.3 Å². The lowest BCUT2D eigenvalue weighted by Gasteiger charge is -2.11. The zero-order valence-electron chi connectivity index (χ0n) is 5.03. The minimum atomic E-state index is 0. The molecule has 9 heavy (non-hydrogen) atoms. The maximum atomic E-state index is 5.18. The zero-order chi connectivity index (χ0) is 5.86. The molecule has 0 bridgehead atoms. The summed E-state index contributed by atoms with van der Waals surface area (Å²) >= 11 is 4.50. The summed E-state index contributed by atoms with van der Waals surface area (Å²) in [6.07, 6.45) is 0. The summed E-state index contributed by atoms with van der Waals surface area (Å²) in [6.45, 7) is 2.54. The molecule has 6 heteroatoms. The molecule has 0 saturated heterocycles. The highest BCUT2D eigenvalue weighted by atomic mass is 79.9. The summed E-state index contributed by atoms with van der Waals surface area (Å²) in [5, 5.41) is 1.54. The van der Waals surface area contributed by atoms with E-state index in [4.69, 9.17) is 11.6 Å². The SMILES string of the molecule is Br.Br.CCN(N)C(N)=S. The molecule has 0 aromatic rings. The van der Waals surface area contributed by atoms with E-state index in [0.29, 0.717) is 6.54 Å². The second-order valence-corrected chi connectivity index (χ2v) is 1.54. The highest BCUT2D eigenvalue weighted by Crippen LogP contribution is 1.71. The molecule has 0 amide bonds. The lowest BCUT2D eigenvalue weighted by Crippen LogP contribution is -2.40. The van der Waals surface area contributed by atoms with Crippen LogP contribution < -0.4 is 11.6 Å². The fraction of sp³-hybridized carbons (Fsp3) is 0.667. The lowest BCUT2D eigenvalue weighted by atomic mass is 10.7. The normalized spacial score (nSPS) is 6.44. The first kappa shape index (κ1) is 16.3. The fourth-order valence-electron chi connectivity index (χ4n) is 0.156. The molecule has 0 rings (SSSR count). The number of hydrogen-bond donors (Lipinski definition) is 2. The molecular weight excluding hydrogens is 270 g/mol. The van der Waals surface area contributed by atoms with Crippen LogP contribution in [0.2, 0.25) is 0 Å². The minimum Gasteiger partial charge on any atom is -0.375 e. The van der Waals surface area contributed by atoms with Crippen LogP contribution in [0.5, 0.6) is 0 Å². The van der Waals surface area contributed by atoms with E-state index in [1.54, 1.807) is 0 Å². The Morgan fingerprint density at radius 2 is 1.89 bits per heavy atom. The maximum Gasteiger partial charge on any atom is 0.180 e. The van der Waals surface area contributed by atoms with Crippen LogP contribution in [0.3, 0.4) is 0 Å². The first-order valence-corrected chi connectivity index (χ1v) is 2.41. The van der Waals surface area contributed by atoms with Gasteiger partial charge in [-0.3, -0.25) is 5.01 Å². The van der Waals surface area contributed by atoms with Crippen LogP contribution in [0.15, 0.2) is 0 Å². The van der Waals surface area contributed by atoms with E-state index in [1.165, 1.54) is 5.01 Å². The van der Waals surface area contributed by atoms with Gasteiger partial charge in [0.25, 0.3) is 0 Å². The summed E-state index contributed by atoms with van der Waals surface area (Å²) in [5.41, 5.74) is 5.08. The second-order valence-electron chi connectivity index (χ2n) is 1.12. The van der Waals surface area contributed by atoms with Gasteiger partial charge in [0.2, 0.25) is 0 Å². The first-order chi connectivity index (χ1) is 3.18.